The van der Waals surface area contributed by atoms with Gasteiger partial charge in [0.25, 0.3) is 0 Å². The van der Waals surface area contributed by atoms with E-state index in [9.17, 15) is 0 Å². The highest BCUT2D eigenvalue weighted by Crippen LogP contribution is 2.46. The van der Waals surface area contributed by atoms with Crippen LogP contribution in [0.5, 0.6) is 5.75 Å². The molecule has 2 heterocycles. The largest absolute Gasteiger partial charge is 0.487 e. The quantitative estimate of drug-likeness (QED) is 0.500. The van der Waals surface area contributed by atoms with E-state index in [1.807, 2.05) is 0 Å². The van der Waals surface area contributed by atoms with Crippen molar-refractivity contribution in [3.8, 4) is 5.75 Å². The van der Waals surface area contributed by atoms with Crippen LogP contribution in [0, 0.1) is 5.92 Å². The van der Waals surface area contributed by atoms with Crippen LogP contribution in [-0.4, -0.2) is 73.7 Å². The zero-order chi connectivity index (χ0) is 22.4. The number of aliphatic imine (C=N–C) groups is 1. The average Bonchev–Trinajstić information content (AvgIpc) is 3.25. The molecule has 2 N–H and O–H groups in total. The number of guanidine groups is 1. The van der Waals surface area contributed by atoms with Crippen molar-refractivity contribution in [1.82, 2.24) is 20.4 Å². The molecule has 6 heteroatoms. The first kappa shape index (κ1) is 23.4. The molecule has 1 aliphatic carbocycles. The number of nitrogens with one attached hydrogen (secondary N) is 2. The van der Waals surface area contributed by atoms with Gasteiger partial charge in [-0.3, -0.25) is 4.99 Å². The van der Waals surface area contributed by atoms with Crippen molar-refractivity contribution < 1.29 is 4.74 Å². The van der Waals surface area contributed by atoms with Gasteiger partial charge in [-0.05, 0) is 51.1 Å². The van der Waals surface area contributed by atoms with Gasteiger partial charge in [0.1, 0.15) is 11.4 Å². The van der Waals surface area contributed by atoms with Crippen LogP contribution in [-0.2, 0) is 0 Å². The number of likely N-dealkylation sites (N-methyl/N-ethyl adjacent to an activating group) is 1. The molecular formula is C26H43N5O. The fraction of sp³-hybridized carbons (Fsp3) is 0.731. The van der Waals surface area contributed by atoms with E-state index in [4.69, 9.17) is 9.73 Å². The Kier molecular flexibility index (Phi) is 7.95. The molecule has 2 aliphatic heterocycles. The zero-order valence-electron chi connectivity index (χ0n) is 20.4. The third-order valence-corrected chi connectivity index (χ3v) is 7.41. The van der Waals surface area contributed by atoms with Gasteiger partial charge >= 0.3 is 0 Å². The minimum absolute atomic E-state index is 0.00271. The highest BCUT2D eigenvalue weighted by atomic mass is 16.5. The fourth-order valence-electron chi connectivity index (χ4n) is 5.59. The summed E-state index contributed by atoms with van der Waals surface area (Å²) in [6.45, 7) is 15.5. The molecule has 6 nitrogen and oxygen atoms in total. The predicted molar refractivity (Wildman–Crippen MR) is 132 cm³/mol. The van der Waals surface area contributed by atoms with Gasteiger partial charge in [0.15, 0.2) is 5.96 Å². The second-order valence-electron chi connectivity index (χ2n) is 9.99. The summed E-state index contributed by atoms with van der Waals surface area (Å²) < 4.78 is 6.54. The Morgan fingerprint density at radius 1 is 1.12 bits per heavy atom. The third-order valence-electron chi connectivity index (χ3n) is 7.41. The highest BCUT2D eigenvalue weighted by Gasteiger charge is 2.43. The van der Waals surface area contributed by atoms with E-state index in [1.165, 1.54) is 51.1 Å². The maximum Gasteiger partial charge on any atom is 0.191 e. The minimum atomic E-state index is -0.00271. The maximum atomic E-state index is 6.54. The van der Waals surface area contributed by atoms with Gasteiger partial charge < -0.3 is 25.2 Å². The number of piperazine rings is 1. The maximum absolute atomic E-state index is 6.54. The molecule has 1 spiro atoms. The first-order valence-corrected chi connectivity index (χ1v) is 12.9. The van der Waals surface area contributed by atoms with E-state index in [-0.39, 0.29) is 11.6 Å². The van der Waals surface area contributed by atoms with E-state index < -0.39 is 0 Å². The van der Waals surface area contributed by atoms with Gasteiger partial charge in [0.05, 0.1) is 6.04 Å². The van der Waals surface area contributed by atoms with Crippen LogP contribution in [0.4, 0.5) is 0 Å². The third kappa shape index (κ3) is 5.76. The number of nitrogens with zero attached hydrogens (tertiary/aromatic N) is 3. The van der Waals surface area contributed by atoms with E-state index in [2.05, 4.69) is 65.5 Å². The Morgan fingerprint density at radius 3 is 2.56 bits per heavy atom. The highest BCUT2D eigenvalue weighted by molar-refractivity contribution is 5.80. The Morgan fingerprint density at radius 2 is 1.84 bits per heavy atom. The molecule has 0 radical (unpaired) electrons. The first-order chi connectivity index (χ1) is 15.6. The van der Waals surface area contributed by atoms with Gasteiger partial charge in [-0.15, -0.1) is 0 Å². The number of benzene rings is 1. The van der Waals surface area contributed by atoms with E-state index in [0.717, 1.165) is 50.6 Å². The lowest BCUT2D eigenvalue weighted by atomic mass is 9.86. The van der Waals surface area contributed by atoms with Gasteiger partial charge in [-0.25, -0.2) is 0 Å². The molecule has 0 bridgehead atoms. The monoisotopic (exact) mass is 441 g/mol. The van der Waals surface area contributed by atoms with Gasteiger partial charge in [0.2, 0.25) is 0 Å². The number of hydrogen-bond acceptors (Lipinski definition) is 4. The second kappa shape index (κ2) is 10.9. The predicted octanol–water partition coefficient (Wildman–Crippen LogP) is 3.65. The second-order valence-corrected chi connectivity index (χ2v) is 9.99. The van der Waals surface area contributed by atoms with Gasteiger partial charge in [0, 0.05) is 57.8 Å². The van der Waals surface area contributed by atoms with Crippen molar-refractivity contribution in [2.75, 3.05) is 52.4 Å². The van der Waals surface area contributed by atoms with Crippen LogP contribution in [0.3, 0.4) is 0 Å². The number of fused-ring (bicyclic) bond motifs is 1. The van der Waals surface area contributed by atoms with Crippen molar-refractivity contribution in [1.29, 1.82) is 0 Å². The molecule has 178 valence electrons. The number of hydrogen-bond donors (Lipinski definition) is 2. The number of para-hydroxylation sites is 1. The van der Waals surface area contributed by atoms with Crippen LogP contribution >= 0.6 is 0 Å². The average molecular weight is 442 g/mol. The summed E-state index contributed by atoms with van der Waals surface area (Å²) >= 11 is 0. The van der Waals surface area contributed by atoms with Crippen LogP contribution in [0.15, 0.2) is 29.3 Å². The molecule has 0 amide bonds. The van der Waals surface area contributed by atoms with Crippen LogP contribution < -0.4 is 15.4 Å². The molecule has 4 rings (SSSR count). The van der Waals surface area contributed by atoms with Crippen molar-refractivity contribution in [3.63, 3.8) is 0 Å². The molecule has 0 aromatic heterocycles. The minimum Gasteiger partial charge on any atom is -0.487 e. The summed E-state index contributed by atoms with van der Waals surface area (Å²) in [6, 6.07) is 8.79. The van der Waals surface area contributed by atoms with Crippen molar-refractivity contribution in [2.45, 2.75) is 64.5 Å². The first-order valence-electron chi connectivity index (χ1n) is 12.9. The lowest BCUT2D eigenvalue weighted by Crippen LogP contribution is -2.48. The van der Waals surface area contributed by atoms with Crippen molar-refractivity contribution >= 4 is 5.96 Å². The summed E-state index contributed by atoms with van der Waals surface area (Å²) in [5, 5.41) is 7.27. The van der Waals surface area contributed by atoms with Gasteiger partial charge in [-0.2, -0.15) is 0 Å². The molecule has 2 fully saturated rings. The Balaban J connectivity index is 1.38. The lowest BCUT2D eigenvalue weighted by molar-refractivity contribution is 0.0396. The topological polar surface area (TPSA) is 52.1 Å². The summed E-state index contributed by atoms with van der Waals surface area (Å²) in [7, 11) is 0. The smallest absolute Gasteiger partial charge is 0.191 e. The van der Waals surface area contributed by atoms with Crippen LogP contribution in [0.2, 0.25) is 0 Å². The summed E-state index contributed by atoms with van der Waals surface area (Å²) in [5.74, 6) is 2.53. The summed E-state index contributed by atoms with van der Waals surface area (Å²) in [5.41, 5.74) is 1.26. The summed E-state index contributed by atoms with van der Waals surface area (Å²) in [4.78, 5) is 10.1. The SMILES string of the molecule is CCNC(=NCC(C)CN1CCN(CC)CC1)NC1CC2(CCCC2)Oc2ccccc21. The van der Waals surface area contributed by atoms with Crippen molar-refractivity contribution in [3.05, 3.63) is 29.8 Å². The lowest BCUT2D eigenvalue weighted by Gasteiger charge is -2.40. The summed E-state index contributed by atoms with van der Waals surface area (Å²) in [6.07, 6.45) is 5.89. The Bertz CT molecular complexity index is 752. The normalized spacial score (nSPS) is 24.7. The van der Waals surface area contributed by atoms with E-state index in [1.54, 1.807) is 0 Å². The number of rotatable bonds is 7. The molecule has 1 aromatic carbocycles. The van der Waals surface area contributed by atoms with Crippen LogP contribution in [0.1, 0.15) is 64.5 Å². The number of ether oxygens (including phenoxy) is 1. The fourth-order valence-corrected chi connectivity index (χ4v) is 5.59. The van der Waals surface area contributed by atoms with Crippen LogP contribution in [0.25, 0.3) is 0 Å². The van der Waals surface area contributed by atoms with E-state index >= 15 is 0 Å². The molecule has 1 saturated carbocycles. The molecule has 3 aliphatic rings. The molecule has 2 unspecified atom stereocenters. The molecule has 32 heavy (non-hydrogen) atoms. The molecule has 2 atom stereocenters. The molecular weight excluding hydrogens is 398 g/mol. The molecule has 1 saturated heterocycles. The van der Waals surface area contributed by atoms with Gasteiger partial charge in [-0.1, -0.05) is 32.0 Å². The standard InChI is InChI=1S/C26H43N5O/c1-4-27-25(28-19-21(3)20-31-16-14-30(5-2)15-17-31)29-23-18-26(12-8-9-13-26)32-24-11-7-6-10-22(23)24/h6-7,10-11,21,23H,4-5,8-9,12-20H2,1-3H3,(H2,27,28,29). The molecule has 1 aromatic rings. The van der Waals surface area contributed by atoms with Crippen molar-refractivity contribution in [2.24, 2.45) is 10.9 Å². The Hall–Kier alpha value is -1.79. The zero-order valence-corrected chi connectivity index (χ0v) is 20.4. The van der Waals surface area contributed by atoms with E-state index in [0.29, 0.717) is 5.92 Å². The Labute approximate surface area is 194 Å².